The van der Waals surface area contributed by atoms with Crippen LogP contribution in [0.1, 0.15) is 19.9 Å². The van der Waals surface area contributed by atoms with Crippen molar-refractivity contribution in [3.8, 4) is 6.07 Å². The highest BCUT2D eigenvalue weighted by Gasteiger charge is 2.23. The molecule has 6 nitrogen and oxygen atoms in total. The van der Waals surface area contributed by atoms with E-state index in [0.29, 0.717) is 25.5 Å². The molecular formula is C12H16N4O2. The monoisotopic (exact) mass is 248 g/mol. The highest BCUT2D eigenvalue weighted by Crippen LogP contribution is 2.11. The molecule has 0 aromatic carbocycles. The van der Waals surface area contributed by atoms with Crippen LogP contribution in [0.4, 0.5) is 5.82 Å². The van der Waals surface area contributed by atoms with Crippen LogP contribution in [0.3, 0.4) is 0 Å². The lowest BCUT2D eigenvalue weighted by Gasteiger charge is -2.30. The van der Waals surface area contributed by atoms with Gasteiger partial charge in [-0.3, -0.25) is 4.79 Å². The van der Waals surface area contributed by atoms with Gasteiger partial charge in [-0.2, -0.15) is 5.26 Å². The van der Waals surface area contributed by atoms with Crippen LogP contribution in [-0.4, -0.2) is 35.4 Å². The number of hydrogen-bond donors (Lipinski definition) is 0. The van der Waals surface area contributed by atoms with Gasteiger partial charge >= 0.3 is 0 Å². The van der Waals surface area contributed by atoms with E-state index >= 15 is 0 Å². The summed E-state index contributed by atoms with van der Waals surface area (Å²) >= 11 is 0. The van der Waals surface area contributed by atoms with Crippen molar-refractivity contribution in [2.75, 3.05) is 24.6 Å². The van der Waals surface area contributed by atoms with Crippen LogP contribution < -0.4 is 10.5 Å². The average molecular weight is 248 g/mol. The fourth-order valence-electron chi connectivity index (χ4n) is 1.96. The Balaban J connectivity index is 2.31. The number of hydrogen-bond acceptors (Lipinski definition) is 5. The van der Waals surface area contributed by atoms with Gasteiger partial charge in [0, 0.05) is 25.0 Å². The van der Waals surface area contributed by atoms with Crippen molar-refractivity contribution < 1.29 is 4.74 Å². The molecule has 18 heavy (non-hydrogen) atoms. The molecule has 0 amide bonds. The molecule has 0 spiro atoms. The van der Waals surface area contributed by atoms with Gasteiger partial charge in [0.2, 0.25) is 0 Å². The summed E-state index contributed by atoms with van der Waals surface area (Å²) in [7, 11) is 0. The first-order valence-corrected chi connectivity index (χ1v) is 5.96. The third-order valence-electron chi connectivity index (χ3n) is 2.92. The Kier molecular flexibility index (Phi) is 3.63. The fraction of sp³-hybridized carbons (Fsp3) is 0.583. The van der Waals surface area contributed by atoms with Gasteiger partial charge in [-0.25, -0.2) is 4.98 Å². The molecule has 0 bridgehead atoms. The van der Waals surface area contributed by atoms with Gasteiger partial charge in [0.1, 0.15) is 0 Å². The second-order valence-electron chi connectivity index (χ2n) is 4.49. The number of aromatic nitrogens is 2. The molecule has 6 heteroatoms. The number of nitriles is 1. The van der Waals surface area contributed by atoms with Crippen molar-refractivity contribution in [1.82, 2.24) is 9.55 Å². The van der Waals surface area contributed by atoms with Crippen LogP contribution in [0, 0.1) is 11.3 Å². The summed E-state index contributed by atoms with van der Waals surface area (Å²) in [6, 6.07) is 2.15. The maximum atomic E-state index is 12.2. The summed E-state index contributed by atoms with van der Waals surface area (Å²) in [4.78, 5) is 18.2. The average Bonchev–Trinajstić information content (AvgIpc) is 2.38. The Bertz CT molecular complexity index is 518. The third kappa shape index (κ3) is 2.36. The second kappa shape index (κ2) is 5.19. The molecule has 1 atom stereocenters. The molecule has 1 aromatic heterocycles. The van der Waals surface area contributed by atoms with Gasteiger partial charge in [-0.1, -0.05) is 0 Å². The molecule has 0 aliphatic carbocycles. The zero-order valence-electron chi connectivity index (χ0n) is 10.5. The minimum atomic E-state index is -0.493. The molecule has 2 heterocycles. The lowest BCUT2D eigenvalue weighted by Crippen LogP contribution is -2.45. The Morgan fingerprint density at radius 2 is 2.39 bits per heavy atom. The van der Waals surface area contributed by atoms with E-state index in [-0.39, 0.29) is 11.6 Å². The molecular weight excluding hydrogens is 232 g/mol. The van der Waals surface area contributed by atoms with Gasteiger partial charge in [0.15, 0.2) is 11.9 Å². The standard InChI is InChI=1S/C12H16N4O2/c1-9(2)16-4-3-14-11(12(16)17)15-5-6-18-10(7-13)8-15/h3-4,9-10H,5-6,8H2,1-2H3. The Hall–Kier alpha value is -1.87. The first kappa shape index (κ1) is 12.6. The maximum Gasteiger partial charge on any atom is 0.293 e. The molecule has 96 valence electrons. The summed E-state index contributed by atoms with van der Waals surface area (Å²) in [6.07, 6.45) is 2.81. The van der Waals surface area contributed by atoms with Crippen molar-refractivity contribution in [3.63, 3.8) is 0 Å². The molecule has 1 aromatic rings. The van der Waals surface area contributed by atoms with E-state index in [4.69, 9.17) is 10.00 Å². The molecule has 1 aliphatic heterocycles. The van der Waals surface area contributed by atoms with Crippen molar-refractivity contribution in [2.45, 2.75) is 26.0 Å². The third-order valence-corrected chi connectivity index (χ3v) is 2.92. The van der Waals surface area contributed by atoms with E-state index in [1.165, 1.54) is 0 Å². The van der Waals surface area contributed by atoms with Crippen LogP contribution >= 0.6 is 0 Å². The first-order valence-electron chi connectivity index (χ1n) is 5.96. The summed E-state index contributed by atoms with van der Waals surface area (Å²) in [5, 5.41) is 8.86. The van der Waals surface area contributed by atoms with Crippen LogP contribution in [0.25, 0.3) is 0 Å². The summed E-state index contributed by atoms with van der Waals surface area (Å²) in [6.45, 7) is 5.31. The number of rotatable bonds is 2. The maximum absolute atomic E-state index is 12.2. The van der Waals surface area contributed by atoms with Crippen LogP contribution in [0.2, 0.25) is 0 Å². The first-order chi connectivity index (χ1) is 8.63. The quantitative estimate of drug-likeness (QED) is 0.764. The zero-order chi connectivity index (χ0) is 13.1. The largest absolute Gasteiger partial charge is 0.360 e. The van der Waals surface area contributed by atoms with E-state index in [1.807, 2.05) is 18.7 Å². The summed E-state index contributed by atoms with van der Waals surface area (Å²) in [5.41, 5.74) is -0.119. The van der Waals surface area contributed by atoms with Gasteiger partial charge in [-0.05, 0) is 13.8 Å². The molecule has 0 N–H and O–H groups in total. The number of ether oxygens (including phenoxy) is 1. The van der Waals surface area contributed by atoms with E-state index in [9.17, 15) is 4.79 Å². The minimum absolute atomic E-state index is 0.0899. The highest BCUT2D eigenvalue weighted by molar-refractivity contribution is 5.37. The topological polar surface area (TPSA) is 71.2 Å². The normalized spacial score (nSPS) is 19.9. The lowest BCUT2D eigenvalue weighted by atomic mass is 10.3. The smallest absolute Gasteiger partial charge is 0.293 e. The van der Waals surface area contributed by atoms with Crippen molar-refractivity contribution in [1.29, 1.82) is 5.26 Å². The predicted molar refractivity (Wildman–Crippen MR) is 66.4 cm³/mol. The molecule has 1 aliphatic rings. The molecule has 0 saturated carbocycles. The van der Waals surface area contributed by atoms with Gasteiger partial charge in [-0.15, -0.1) is 0 Å². The Labute approximate surface area is 105 Å². The number of morpholine rings is 1. The Morgan fingerprint density at radius 3 is 3.06 bits per heavy atom. The van der Waals surface area contributed by atoms with E-state index in [0.717, 1.165) is 0 Å². The van der Waals surface area contributed by atoms with Crippen LogP contribution in [0.15, 0.2) is 17.2 Å². The fourth-order valence-corrected chi connectivity index (χ4v) is 1.96. The highest BCUT2D eigenvalue weighted by atomic mass is 16.5. The van der Waals surface area contributed by atoms with Crippen molar-refractivity contribution in [3.05, 3.63) is 22.7 Å². The van der Waals surface area contributed by atoms with Gasteiger partial charge in [0.25, 0.3) is 5.56 Å². The lowest BCUT2D eigenvalue weighted by molar-refractivity contribution is 0.0760. The molecule has 2 rings (SSSR count). The summed E-state index contributed by atoms with van der Waals surface area (Å²) in [5.74, 6) is 0.398. The van der Waals surface area contributed by atoms with Crippen molar-refractivity contribution >= 4 is 5.82 Å². The molecule has 1 fully saturated rings. The SMILES string of the molecule is CC(C)n1ccnc(N2CCOC(C#N)C2)c1=O. The molecule has 1 saturated heterocycles. The predicted octanol–water partition coefficient (Wildman–Crippen LogP) is 0.553. The van der Waals surface area contributed by atoms with Gasteiger partial charge in [0.05, 0.1) is 19.2 Å². The Morgan fingerprint density at radius 1 is 1.61 bits per heavy atom. The van der Waals surface area contributed by atoms with Crippen LogP contribution in [0.5, 0.6) is 0 Å². The minimum Gasteiger partial charge on any atom is -0.360 e. The van der Waals surface area contributed by atoms with E-state index in [1.54, 1.807) is 17.0 Å². The molecule has 1 unspecified atom stereocenters. The molecule has 0 radical (unpaired) electrons. The number of nitrogens with zero attached hydrogens (tertiary/aromatic N) is 4. The number of anilines is 1. The van der Waals surface area contributed by atoms with E-state index < -0.39 is 6.10 Å². The zero-order valence-corrected chi connectivity index (χ0v) is 10.5. The van der Waals surface area contributed by atoms with Crippen LogP contribution in [-0.2, 0) is 4.74 Å². The van der Waals surface area contributed by atoms with E-state index in [2.05, 4.69) is 11.1 Å². The second-order valence-corrected chi connectivity index (χ2v) is 4.49. The summed E-state index contributed by atoms with van der Waals surface area (Å²) < 4.78 is 6.90. The van der Waals surface area contributed by atoms with Crippen molar-refractivity contribution in [2.24, 2.45) is 0 Å². The van der Waals surface area contributed by atoms with Gasteiger partial charge < -0.3 is 14.2 Å².